The van der Waals surface area contributed by atoms with Gasteiger partial charge in [-0.25, -0.2) is 14.0 Å². The SMILES string of the molecule is O=C(CNC(=O)NC1CCCCC1)NC(CF)C(=O)O. The molecule has 1 aliphatic carbocycles. The van der Waals surface area contributed by atoms with Crippen LogP contribution in [0.15, 0.2) is 0 Å². The fraction of sp³-hybridized carbons (Fsp3) is 0.750. The molecular formula is C12H20FN3O4. The molecule has 0 radical (unpaired) electrons. The van der Waals surface area contributed by atoms with Gasteiger partial charge in [-0.1, -0.05) is 19.3 Å². The van der Waals surface area contributed by atoms with Crippen LogP contribution in [-0.2, 0) is 9.59 Å². The smallest absolute Gasteiger partial charge is 0.328 e. The lowest BCUT2D eigenvalue weighted by Gasteiger charge is -2.22. The van der Waals surface area contributed by atoms with E-state index in [2.05, 4.69) is 10.6 Å². The van der Waals surface area contributed by atoms with Crippen molar-refractivity contribution in [3.8, 4) is 0 Å². The third kappa shape index (κ3) is 5.85. The van der Waals surface area contributed by atoms with Crippen molar-refractivity contribution in [2.24, 2.45) is 0 Å². The lowest BCUT2D eigenvalue weighted by Crippen LogP contribution is -2.49. The van der Waals surface area contributed by atoms with Crippen molar-refractivity contribution in [2.45, 2.75) is 44.2 Å². The minimum absolute atomic E-state index is 0.115. The molecule has 8 heteroatoms. The molecule has 114 valence electrons. The quantitative estimate of drug-likeness (QED) is 0.558. The predicted octanol–water partition coefficient (Wildman–Crippen LogP) is 0.157. The van der Waals surface area contributed by atoms with Gasteiger partial charge in [-0.2, -0.15) is 0 Å². The van der Waals surface area contributed by atoms with E-state index in [0.29, 0.717) is 0 Å². The zero-order valence-electron chi connectivity index (χ0n) is 11.2. The maximum absolute atomic E-state index is 12.3. The average molecular weight is 289 g/mol. The summed E-state index contributed by atoms with van der Waals surface area (Å²) in [5.74, 6) is -2.19. The zero-order chi connectivity index (χ0) is 15.0. The van der Waals surface area contributed by atoms with Crippen molar-refractivity contribution >= 4 is 17.9 Å². The maximum atomic E-state index is 12.3. The number of hydrogen-bond donors (Lipinski definition) is 4. The van der Waals surface area contributed by atoms with Gasteiger partial charge in [-0.05, 0) is 12.8 Å². The largest absolute Gasteiger partial charge is 0.480 e. The lowest BCUT2D eigenvalue weighted by molar-refractivity contribution is -0.142. The molecule has 1 aliphatic rings. The van der Waals surface area contributed by atoms with E-state index in [1.54, 1.807) is 0 Å². The van der Waals surface area contributed by atoms with E-state index in [4.69, 9.17) is 5.11 Å². The van der Waals surface area contributed by atoms with Gasteiger partial charge >= 0.3 is 12.0 Å². The number of aliphatic carboxylic acids is 1. The topological polar surface area (TPSA) is 108 Å². The van der Waals surface area contributed by atoms with E-state index in [1.807, 2.05) is 5.32 Å². The van der Waals surface area contributed by atoms with Gasteiger partial charge in [0.25, 0.3) is 0 Å². The van der Waals surface area contributed by atoms with E-state index >= 15 is 0 Å². The zero-order valence-corrected chi connectivity index (χ0v) is 11.2. The summed E-state index contributed by atoms with van der Waals surface area (Å²) in [6, 6.07) is -1.94. The fourth-order valence-corrected chi connectivity index (χ4v) is 2.06. The van der Waals surface area contributed by atoms with Gasteiger partial charge in [0.1, 0.15) is 6.67 Å². The summed E-state index contributed by atoms with van der Waals surface area (Å²) < 4.78 is 12.3. The molecule has 3 amide bonds. The van der Waals surface area contributed by atoms with Gasteiger partial charge < -0.3 is 21.1 Å². The molecule has 1 unspecified atom stereocenters. The third-order valence-electron chi connectivity index (χ3n) is 3.14. The van der Waals surface area contributed by atoms with Gasteiger partial charge in [0.15, 0.2) is 6.04 Å². The number of alkyl halides is 1. The Hall–Kier alpha value is -1.86. The molecule has 1 rings (SSSR count). The molecule has 4 N–H and O–H groups in total. The van der Waals surface area contributed by atoms with Crippen LogP contribution < -0.4 is 16.0 Å². The second-order valence-corrected chi connectivity index (χ2v) is 4.77. The van der Waals surface area contributed by atoms with Gasteiger partial charge in [0.2, 0.25) is 5.91 Å². The van der Waals surface area contributed by atoms with Gasteiger partial charge in [-0.3, -0.25) is 4.79 Å². The average Bonchev–Trinajstić information content (AvgIpc) is 2.43. The number of nitrogens with one attached hydrogen (secondary N) is 3. The highest BCUT2D eigenvalue weighted by Gasteiger charge is 2.20. The van der Waals surface area contributed by atoms with E-state index in [0.717, 1.165) is 25.7 Å². The van der Waals surface area contributed by atoms with Crippen molar-refractivity contribution in [1.82, 2.24) is 16.0 Å². The number of carboxylic acids is 1. The molecular weight excluding hydrogens is 269 g/mol. The highest BCUT2D eigenvalue weighted by molar-refractivity contribution is 5.87. The van der Waals surface area contributed by atoms with E-state index in [9.17, 15) is 18.8 Å². The molecule has 20 heavy (non-hydrogen) atoms. The molecule has 0 aromatic heterocycles. The van der Waals surface area contributed by atoms with Crippen molar-refractivity contribution in [2.75, 3.05) is 13.2 Å². The van der Waals surface area contributed by atoms with Crippen LogP contribution in [0.25, 0.3) is 0 Å². The summed E-state index contributed by atoms with van der Waals surface area (Å²) in [5.41, 5.74) is 0. The van der Waals surface area contributed by atoms with Crippen molar-refractivity contribution in [1.29, 1.82) is 0 Å². The molecule has 0 aliphatic heterocycles. The number of carboxylic acid groups (broad SMARTS) is 1. The van der Waals surface area contributed by atoms with E-state index in [1.165, 1.54) is 6.42 Å². The highest BCUT2D eigenvalue weighted by Crippen LogP contribution is 2.16. The van der Waals surface area contributed by atoms with Crippen LogP contribution in [0.5, 0.6) is 0 Å². The summed E-state index contributed by atoms with van der Waals surface area (Å²) in [5, 5.41) is 15.6. The number of carbonyl (C=O) groups is 3. The van der Waals surface area contributed by atoms with Crippen molar-refractivity contribution in [3.05, 3.63) is 0 Å². The standard InChI is InChI=1S/C12H20FN3O4/c13-6-9(11(18)19)16-10(17)7-14-12(20)15-8-4-2-1-3-5-8/h8-9H,1-7H2,(H,16,17)(H,18,19)(H2,14,15,20). The first kappa shape index (κ1) is 16.2. The Morgan fingerprint density at radius 2 is 1.85 bits per heavy atom. The Labute approximate surface area is 116 Å². The van der Waals surface area contributed by atoms with Crippen LogP contribution >= 0.6 is 0 Å². The van der Waals surface area contributed by atoms with Crippen LogP contribution in [-0.4, -0.2) is 48.3 Å². The summed E-state index contributed by atoms with van der Waals surface area (Å²) in [4.78, 5) is 33.4. The van der Waals surface area contributed by atoms with Crippen LogP contribution in [0.1, 0.15) is 32.1 Å². The van der Waals surface area contributed by atoms with Crippen LogP contribution in [0.3, 0.4) is 0 Å². The number of halogens is 1. The lowest BCUT2D eigenvalue weighted by atomic mass is 9.96. The number of urea groups is 1. The number of hydrogen-bond acceptors (Lipinski definition) is 3. The molecule has 1 saturated carbocycles. The maximum Gasteiger partial charge on any atom is 0.328 e. The second-order valence-electron chi connectivity index (χ2n) is 4.77. The number of amides is 3. The molecule has 0 bridgehead atoms. The summed E-state index contributed by atoms with van der Waals surface area (Å²) >= 11 is 0. The molecule has 7 nitrogen and oxygen atoms in total. The predicted molar refractivity (Wildman–Crippen MR) is 68.9 cm³/mol. The monoisotopic (exact) mass is 289 g/mol. The molecule has 0 aromatic carbocycles. The van der Waals surface area contributed by atoms with E-state index in [-0.39, 0.29) is 12.6 Å². The molecule has 0 saturated heterocycles. The Morgan fingerprint density at radius 3 is 2.40 bits per heavy atom. The minimum atomic E-state index is -1.58. The molecule has 0 aromatic rings. The van der Waals surface area contributed by atoms with Gasteiger partial charge in [0, 0.05) is 6.04 Å². The first-order valence-corrected chi connectivity index (χ1v) is 6.65. The number of rotatable bonds is 6. The van der Waals surface area contributed by atoms with Crippen LogP contribution in [0, 0.1) is 0 Å². The van der Waals surface area contributed by atoms with Gasteiger partial charge in [0.05, 0.1) is 6.54 Å². The summed E-state index contributed by atoms with van der Waals surface area (Å²) in [6.45, 7) is -1.59. The molecule has 1 fully saturated rings. The fourth-order valence-electron chi connectivity index (χ4n) is 2.06. The Kier molecular flexibility index (Phi) is 6.75. The normalized spacial score (nSPS) is 17.1. The highest BCUT2D eigenvalue weighted by atomic mass is 19.1. The molecule has 0 spiro atoms. The Bertz CT molecular complexity index is 359. The summed E-state index contributed by atoms with van der Waals surface area (Å²) in [6.07, 6.45) is 5.15. The van der Waals surface area contributed by atoms with Crippen LogP contribution in [0.4, 0.5) is 9.18 Å². The van der Waals surface area contributed by atoms with Gasteiger partial charge in [-0.15, -0.1) is 0 Å². The summed E-state index contributed by atoms with van der Waals surface area (Å²) in [7, 11) is 0. The first-order chi connectivity index (χ1) is 9.52. The minimum Gasteiger partial charge on any atom is -0.480 e. The number of carbonyl (C=O) groups excluding carboxylic acids is 2. The van der Waals surface area contributed by atoms with Crippen molar-refractivity contribution in [3.63, 3.8) is 0 Å². The van der Waals surface area contributed by atoms with E-state index < -0.39 is 30.6 Å². The second kappa shape index (κ2) is 8.34. The first-order valence-electron chi connectivity index (χ1n) is 6.65. The Balaban J connectivity index is 2.22. The molecule has 1 atom stereocenters. The molecule has 0 heterocycles. The third-order valence-corrected chi connectivity index (χ3v) is 3.14. The van der Waals surface area contributed by atoms with Crippen molar-refractivity contribution < 1.29 is 23.9 Å². The van der Waals surface area contributed by atoms with Crippen LogP contribution in [0.2, 0.25) is 0 Å². The Morgan fingerprint density at radius 1 is 1.20 bits per heavy atom.